The maximum atomic E-state index is 11.3. The van der Waals surface area contributed by atoms with Crippen LogP contribution in [0, 0.1) is 0 Å². The lowest BCUT2D eigenvalue weighted by atomic mass is 9.99. The number of aliphatic carboxylic acids is 1. The number of aromatic amines is 1. The maximum absolute atomic E-state index is 11.3. The average Bonchev–Trinajstić information content (AvgIpc) is 2.26. The normalized spacial score (nSPS) is 16.6. The number of aromatic nitrogens is 2. The van der Waals surface area contributed by atoms with Crippen molar-refractivity contribution in [3.8, 4) is 0 Å². The molecular weight excluding hydrogens is 212 g/mol. The number of H-pyrrole nitrogens is 1. The third kappa shape index (κ3) is 1.83. The first kappa shape index (κ1) is 10.8. The van der Waals surface area contributed by atoms with Crippen LogP contribution in [0.3, 0.4) is 0 Å². The van der Waals surface area contributed by atoms with Gasteiger partial charge in [-0.1, -0.05) is 0 Å². The predicted octanol–water partition coefficient (Wildman–Crippen LogP) is 0.0307. The van der Waals surface area contributed by atoms with Crippen LogP contribution >= 0.6 is 0 Å². The first-order valence-corrected chi connectivity index (χ1v) is 5.02. The monoisotopic (exact) mass is 224 g/mol. The van der Waals surface area contributed by atoms with Gasteiger partial charge in [-0.05, 0) is 6.92 Å². The van der Waals surface area contributed by atoms with Crippen molar-refractivity contribution in [1.29, 1.82) is 0 Å². The SMILES string of the molecule is CC(C(=O)O)c1nc(=O)[nH]c2c1COCC2. The van der Waals surface area contributed by atoms with Crippen LogP contribution < -0.4 is 5.69 Å². The first-order chi connectivity index (χ1) is 7.59. The van der Waals surface area contributed by atoms with Crippen molar-refractivity contribution in [3.05, 3.63) is 27.4 Å². The third-order valence-corrected chi connectivity index (χ3v) is 2.68. The topological polar surface area (TPSA) is 92.3 Å². The van der Waals surface area contributed by atoms with Gasteiger partial charge in [-0.3, -0.25) is 4.79 Å². The Labute approximate surface area is 91.3 Å². The number of carboxylic acids is 1. The molecule has 16 heavy (non-hydrogen) atoms. The van der Waals surface area contributed by atoms with Gasteiger partial charge in [-0.25, -0.2) is 4.79 Å². The molecule has 1 aliphatic heterocycles. The van der Waals surface area contributed by atoms with Crippen LogP contribution in [0.5, 0.6) is 0 Å². The number of nitrogens with zero attached hydrogens (tertiary/aromatic N) is 1. The zero-order chi connectivity index (χ0) is 11.7. The lowest BCUT2D eigenvalue weighted by molar-refractivity contribution is -0.138. The lowest BCUT2D eigenvalue weighted by Crippen LogP contribution is -2.26. The summed E-state index contributed by atoms with van der Waals surface area (Å²) in [6, 6.07) is 0. The minimum atomic E-state index is -0.995. The molecule has 0 amide bonds. The summed E-state index contributed by atoms with van der Waals surface area (Å²) in [5.74, 6) is -1.79. The largest absolute Gasteiger partial charge is 0.481 e. The summed E-state index contributed by atoms with van der Waals surface area (Å²) < 4.78 is 5.25. The maximum Gasteiger partial charge on any atom is 0.345 e. The standard InChI is InChI=1S/C10H12N2O4/c1-5(9(13)14)8-6-4-16-3-2-7(6)11-10(15)12-8/h5H,2-4H2,1H3,(H,13,14)(H,11,12,15). The fraction of sp³-hybridized carbons (Fsp3) is 0.500. The molecule has 6 nitrogen and oxygen atoms in total. The Morgan fingerprint density at radius 1 is 1.62 bits per heavy atom. The van der Waals surface area contributed by atoms with E-state index in [4.69, 9.17) is 9.84 Å². The minimum absolute atomic E-state index is 0.311. The van der Waals surface area contributed by atoms with Gasteiger partial charge in [0.05, 0.1) is 24.8 Å². The Morgan fingerprint density at radius 2 is 2.38 bits per heavy atom. The Hall–Kier alpha value is -1.69. The molecule has 0 bridgehead atoms. The van der Waals surface area contributed by atoms with Crippen LogP contribution in [-0.4, -0.2) is 27.7 Å². The lowest BCUT2D eigenvalue weighted by Gasteiger charge is -2.19. The molecule has 0 fully saturated rings. The molecule has 0 spiro atoms. The smallest absolute Gasteiger partial charge is 0.345 e. The molecule has 2 rings (SSSR count). The van der Waals surface area contributed by atoms with Crippen LogP contribution in [0.25, 0.3) is 0 Å². The molecular formula is C10H12N2O4. The number of carbonyl (C=O) groups is 1. The Morgan fingerprint density at radius 3 is 3.06 bits per heavy atom. The number of carboxylic acid groups (broad SMARTS) is 1. The number of rotatable bonds is 2. The molecule has 0 saturated carbocycles. The van der Waals surface area contributed by atoms with Crippen LogP contribution in [0.4, 0.5) is 0 Å². The van der Waals surface area contributed by atoms with Crippen molar-refractivity contribution in [3.63, 3.8) is 0 Å². The number of fused-ring (bicyclic) bond motifs is 1. The highest BCUT2D eigenvalue weighted by molar-refractivity contribution is 5.75. The summed E-state index contributed by atoms with van der Waals surface area (Å²) in [6.45, 7) is 2.36. The van der Waals surface area contributed by atoms with Crippen molar-refractivity contribution < 1.29 is 14.6 Å². The van der Waals surface area contributed by atoms with E-state index in [1.807, 2.05) is 0 Å². The van der Waals surface area contributed by atoms with E-state index in [0.29, 0.717) is 30.9 Å². The molecule has 6 heteroatoms. The van der Waals surface area contributed by atoms with Gasteiger partial charge in [0.1, 0.15) is 0 Å². The Balaban J connectivity index is 2.55. The van der Waals surface area contributed by atoms with Crippen LogP contribution in [0.1, 0.15) is 29.8 Å². The fourth-order valence-electron chi connectivity index (χ4n) is 1.76. The van der Waals surface area contributed by atoms with E-state index in [0.717, 1.165) is 5.69 Å². The third-order valence-electron chi connectivity index (χ3n) is 2.68. The second-order valence-corrected chi connectivity index (χ2v) is 3.75. The molecule has 2 heterocycles. The number of nitrogens with one attached hydrogen (secondary N) is 1. The van der Waals surface area contributed by atoms with Gasteiger partial charge in [0, 0.05) is 17.7 Å². The van der Waals surface area contributed by atoms with Crippen molar-refractivity contribution in [1.82, 2.24) is 9.97 Å². The number of hydrogen-bond donors (Lipinski definition) is 2. The molecule has 0 aliphatic carbocycles. The van der Waals surface area contributed by atoms with E-state index < -0.39 is 17.6 Å². The van der Waals surface area contributed by atoms with Gasteiger partial charge >= 0.3 is 11.7 Å². The predicted molar refractivity (Wildman–Crippen MR) is 54.3 cm³/mol. The van der Waals surface area contributed by atoms with Gasteiger partial charge in [-0.15, -0.1) is 0 Å². The van der Waals surface area contributed by atoms with Crippen molar-refractivity contribution in [2.24, 2.45) is 0 Å². The van der Waals surface area contributed by atoms with Crippen LogP contribution in [0.2, 0.25) is 0 Å². The molecule has 1 aliphatic rings. The van der Waals surface area contributed by atoms with Gasteiger partial charge < -0.3 is 14.8 Å². The minimum Gasteiger partial charge on any atom is -0.481 e. The highest BCUT2D eigenvalue weighted by Gasteiger charge is 2.24. The highest BCUT2D eigenvalue weighted by atomic mass is 16.5. The van der Waals surface area contributed by atoms with Gasteiger partial charge in [0.25, 0.3) is 0 Å². The average molecular weight is 224 g/mol. The molecule has 1 aromatic heterocycles. The highest BCUT2D eigenvalue weighted by Crippen LogP contribution is 2.22. The second-order valence-electron chi connectivity index (χ2n) is 3.75. The number of ether oxygens (including phenoxy) is 1. The zero-order valence-electron chi connectivity index (χ0n) is 8.82. The van der Waals surface area contributed by atoms with Gasteiger partial charge in [-0.2, -0.15) is 4.98 Å². The van der Waals surface area contributed by atoms with Crippen molar-refractivity contribution in [2.75, 3.05) is 6.61 Å². The molecule has 0 radical (unpaired) electrons. The van der Waals surface area contributed by atoms with E-state index in [2.05, 4.69) is 9.97 Å². The van der Waals surface area contributed by atoms with Crippen molar-refractivity contribution >= 4 is 5.97 Å². The molecule has 0 aromatic carbocycles. The van der Waals surface area contributed by atoms with E-state index >= 15 is 0 Å². The number of hydrogen-bond acceptors (Lipinski definition) is 4. The van der Waals surface area contributed by atoms with E-state index in [-0.39, 0.29) is 0 Å². The Bertz CT molecular complexity index is 480. The molecule has 1 atom stereocenters. The van der Waals surface area contributed by atoms with Gasteiger partial charge in [0.15, 0.2) is 0 Å². The van der Waals surface area contributed by atoms with Crippen molar-refractivity contribution in [2.45, 2.75) is 25.9 Å². The second kappa shape index (κ2) is 4.05. The quantitative estimate of drug-likeness (QED) is 0.739. The molecule has 1 unspecified atom stereocenters. The molecule has 86 valence electrons. The van der Waals surface area contributed by atoms with E-state index in [1.165, 1.54) is 6.92 Å². The molecule has 1 aromatic rings. The zero-order valence-corrected chi connectivity index (χ0v) is 8.82. The summed E-state index contributed by atoms with van der Waals surface area (Å²) in [6.07, 6.45) is 0.590. The van der Waals surface area contributed by atoms with Crippen LogP contribution in [-0.2, 0) is 22.6 Å². The summed E-state index contributed by atoms with van der Waals surface area (Å²) >= 11 is 0. The van der Waals surface area contributed by atoms with E-state index in [1.54, 1.807) is 0 Å². The summed E-state index contributed by atoms with van der Waals surface area (Å²) in [5.41, 5.74) is 1.27. The summed E-state index contributed by atoms with van der Waals surface area (Å²) in [5, 5.41) is 8.93. The van der Waals surface area contributed by atoms with Crippen LogP contribution in [0.15, 0.2) is 4.79 Å². The fourth-order valence-corrected chi connectivity index (χ4v) is 1.76. The van der Waals surface area contributed by atoms with Gasteiger partial charge in [0.2, 0.25) is 0 Å². The summed E-state index contributed by atoms with van der Waals surface area (Å²) in [4.78, 5) is 28.6. The Kier molecular flexibility index (Phi) is 2.74. The van der Waals surface area contributed by atoms with E-state index in [9.17, 15) is 9.59 Å². The molecule has 2 N–H and O–H groups in total. The first-order valence-electron chi connectivity index (χ1n) is 5.02. The molecule has 0 saturated heterocycles. The summed E-state index contributed by atoms with van der Waals surface area (Å²) in [7, 11) is 0.